The van der Waals surface area contributed by atoms with E-state index < -0.39 is 11.8 Å². The first kappa shape index (κ1) is 10.6. The lowest BCUT2D eigenvalue weighted by molar-refractivity contribution is 0.0696. The summed E-state index contributed by atoms with van der Waals surface area (Å²) in [7, 11) is 0. The van der Waals surface area contributed by atoms with Crippen molar-refractivity contribution in [2.45, 2.75) is 0 Å². The monoisotopic (exact) mass is 210 g/mol. The van der Waals surface area contributed by atoms with E-state index in [0.717, 1.165) is 6.07 Å². The van der Waals surface area contributed by atoms with E-state index in [1.54, 1.807) is 0 Å². The van der Waals surface area contributed by atoms with Crippen molar-refractivity contribution < 1.29 is 14.3 Å². The molecular formula is C10H7FO2S. The molecule has 0 amide bonds. The van der Waals surface area contributed by atoms with E-state index in [4.69, 9.17) is 5.11 Å². The van der Waals surface area contributed by atoms with Gasteiger partial charge in [-0.2, -0.15) is 12.6 Å². The van der Waals surface area contributed by atoms with E-state index in [0.29, 0.717) is 5.75 Å². The minimum atomic E-state index is -1.15. The molecule has 0 bridgehead atoms. The van der Waals surface area contributed by atoms with Crippen LogP contribution in [0.2, 0.25) is 0 Å². The molecule has 2 nitrogen and oxygen atoms in total. The van der Waals surface area contributed by atoms with Gasteiger partial charge in [-0.1, -0.05) is 11.8 Å². The Balaban J connectivity index is 3.07. The highest BCUT2D eigenvalue weighted by atomic mass is 32.1. The van der Waals surface area contributed by atoms with Gasteiger partial charge in [0, 0.05) is 0 Å². The number of carbonyl (C=O) groups is 1. The average Bonchev–Trinajstić information content (AvgIpc) is 2.15. The molecule has 4 heteroatoms. The summed E-state index contributed by atoms with van der Waals surface area (Å²) in [6.45, 7) is 0. The van der Waals surface area contributed by atoms with Gasteiger partial charge in [0.15, 0.2) is 0 Å². The van der Waals surface area contributed by atoms with E-state index in [1.807, 2.05) is 0 Å². The fourth-order valence-electron chi connectivity index (χ4n) is 0.884. The minimum absolute atomic E-state index is 0.0843. The standard InChI is InChI=1S/C10H7FO2S/c11-9-6-8(10(12)13)4-3-7(9)2-1-5-14/h3-4,6,14H,5H2,(H,12,13). The zero-order valence-corrected chi connectivity index (χ0v) is 8.01. The molecule has 1 rings (SSSR count). The third kappa shape index (κ3) is 2.51. The Hall–Kier alpha value is -1.47. The number of hydrogen-bond donors (Lipinski definition) is 2. The molecule has 0 fully saturated rings. The Morgan fingerprint density at radius 2 is 2.29 bits per heavy atom. The van der Waals surface area contributed by atoms with Crippen molar-refractivity contribution in [2.24, 2.45) is 0 Å². The van der Waals surface area contributed by atoms with Gasteiger partial charge in [0.2, 0.25) is 0 Å². The van der Waals surface area contributed by atoms with Crippen LogP contribution >= 0.6 is 12.6 Å². The van der Waals surface area contributed by atoms with Gasteiger partial charge < -0.3 is 5.11 Å². The zero-order chi connectivity index (χ0) is 10.6. The molecule has 1 aromatic rings. The first-order valence-corrected chi connectivity index (χ1v) is 4.41. The minimum Gasteiger partial charge on any atom is -0.478 e. The molecule has 0 aliphatic rings. The molecule has 0 aliphatic carbocycles. The topological polar surface area (TPSA) is 37.3 Å². The number of hydrogen-bond acceptors (Lipinski definition) is 2. The van der Waals surface area contributed by atoms with Gasteiger partial charge in [-0.15, -0.1) is 0 Å². The van der Waals surface area contributed by atoms with Crippen molar-refractivity contribution in [3.05, 3.63) is 35.1 Å². The van der Waals surface area contributed by atoms with Crippen LogP contribution in [0, 0.1) is 17.7 Å². The summed E-state index contributed by atoms with van der Waals surface area (Å²) in [5, 5.41) is 8.56. The summed E-state index contributed by atoms with van der Waals surface area (Å²) in [4.78, 5) is 10.5. The molecule has 0 radical (unpaired) electrons. The molecule has 0 saturated carbocycles. The van der Waals surface area contributed by atoms with Crippen molar-refractivity contribution >= 4 is 18.6 Å². The van der Waals surface area contributed by atoms with Crippen LogP contribution in [0.25, 0.3) is 0 Å². The van der Waals surface area contributed by atoms with Crippen LogP contribution in [0.1, 0.15) is 15.9 Å². The summed E-state index contributed by atoms with van der Waals surface area (Å²) in [6, 6.07) is 3.61. The van der Waals surface area contributed by atoms with Crippen molar-refractivity contribution in [1.82, 2.24) is 0 Å². The Bertz CT molecular complexity index is 418. The van der Waals surface area contributed by atoms with Gasteiger partial charge in [-0.05, 0) is 18.2 Å². The lowest BCUT2D eigenvalue weighted by atomic mass is 10.1. The second kappa shape index (κ2) is 4.68. The maximum atomic E-state index is 13.1. The first-order chi connectivity index (χ1) is 6.65. The normalized spacial score (nSPS) is 9.00. The van der Waals surface area contributed by atoms with E-state index in [9.17, 15) is 9.18 Å². The molecule has 0 aliphatic heterocycles. The molecular weight excluding hydrogens is 203 g/mol. The quantitative estimate of drug-likeness (QED) is 0.548. The van der Waals surface area contributed by atoms with Crippen molar-refractivity contribution in [1.29, 1.82) is 0 Å². The Kier molecular flexibility index (Phi) is 3.55. The number of halogens is 1. The number of carboxylic acids is 1. The number of aromatic carboxylic acids is 1. The van der Waals surface area contributed by atoms with Gasteiger partial charge in [0.05, 0.1) is 16.9 Å². The summed E-state index contributed by atoms with van der Waals surface area (Å²) >= 11 is 3.85. The van der Waals surface area contributed by atoms with Gasteiger partial charge in [-0.3, -0.25) is 0 Å². The molecule has 0 unspecified atom stereocenters. The zero-order valence-electron chi connectivity index (χ0n) is 7.12. The second-order valence-electron chi connectivity index (χ2n) is 2.46. The SMILES string of the molecule is O=C(O)c1ccc(C#CCS)c(F)c1. The largest absolute Gasteiger partial charge is 0.478 e. The number of thiol groups is 1. The van der Waals surface area contributed by atoms with E-state index in [2.05, 4.69) is 24.5 Å². The molecule has 0 atom stereocenters. The number of rotatable bonds is 1. The van der Waals surface area contributed by atoms with Gasteiger partial charge >= 0.3 is 5.97 Å². The summed E-state index contributed by atoms with van der Waals surface area (Å²) in [5.74, 6) is 3.67. The highest BCUT2D eigenvalue weighted by Crippen LogP contribution is 2.09. The Labute approximate surface area is 86.2 Å². The smallest absolute Gasteiger partial charge is 0.335 e. The maximum Gasteiger partial charge on any atom is 0.335 e. The van der Waals surface area contributed by atoms with Crippen molar-refractivity contribution in [3.63, 3.8) is 0 Å². The highest BCUT2D eigenvalue weighted by Gasteiger charge is 2.06. The first-order valence-electron chi connectivity index (χ1n) is 3.77. The maximum absolute atomic E-state index is 13.1. The van der Waals surface area contributed by atoms with Gasteiger partial charge in [-0.25, -0.2) is 9.18 Å². The van der Waals surface area contributed by atoms with Gasteiger partial charge in [0.25, 0.3) is 0 Å². The Morgan fingerprint density at radius 3 is 2.79 bits per heavy atom. The van der Waals surface area contributed by atoms with E-state index in [1.165, 1.54) is 12.1 Å². The summed E-state index contributed by atoms with van der Waals surface area (Å²) < 4.78 is 13.1. The van der Waals surface area contributed by atoms with Crippen LogP contribution in [0.3, 0.4) is 0 Å². The van der Waals surface area contributed by atoms with Crippen LogP contribution in [0.5, 0.6) is 0 Å². The molecule has 14 heavy (non-hydrogen) atoms. The van der Waals surface area contributed by atoms with Crippen molar-refractivity contribution in [3.8, 4) is 11.8 Å². The predicted molar refractivity (Wildman–Crippen MR) is 54.1 cm³/mol. The van der Waals surface area contributed by atoms with Gasteiger partial charge in [0.1, 0.15) is 5.82 Å². The molecule has 0 aromatic heterocycles. The van der Waals surface area contributed by atoms with Crippen LogP contribution in [-0.4, -0.2) is 16.8 Å². The molecule has 0 spiro atoms. The lowest BCUT2D eigenvalue weighted by Crippen LogP contribution is -1.97. The number of benzene rings is 1. The highest BCUT2D eigenvalue weighted by molar-refractivity contribution is 7.80. The molecule has 0 heterocycles. The molecule has 72 valence electrons. The molecule has 1 aromatic carbocycles. The van der Waals surface area contributed by atoms with Crippen molar-refractivity contribution in [2.75, 3.05) is 5.75 Å². The Morgan fingerprint density at radius 1 is 1.57 bits per heavy atom. The summed E-state index contributed by atoms with van der Waals surface area (Å²) in [6.07, 6.45) is 0. The van der Waals surface area contributed by atoms with Crippen LogP contribution < -0.4 is 0 Å². The molecule has 0 saturated heterocycles. The fraction of sp³-hybridized carbons (Fsp3) is 0.100. The predicted octanol–water partition coefficient (Wildman–Crippen LogP) is 1.81. The number of carboxylic acid groups (broad SMARTS) is 1. The lowest BCUT2D eigenvalue weighted by Gasteiger charge is -1.96. The van der Waals surface area contributed by atoms with E-state index >= 15 is 0 Å². The fourth-order valence-corrected chi connectivity index (χ4v) is 0.963. The second-order valence-corrected chi connectivity index (χ2v) is 2.78. The average molecular weight is 210 g/mol. The molecule has 1 N–H and O–H groups in total. The van der Waals surface area contributed by atoms with E-state index in [-0.39, 0.29) is 11.1 Å². The van der Waals surface area contributed by atoms with Crippen LogP contribution in [-0.2, 0) is 0 Å². The third-order valence-corrected chi connectivity index (χ3v) is 1.68. The summed E-state index contributed by atoms with van der Waals surface area (Å²) in [5.41, 5.74) is 0.1000. The van der Waals surface area contributed by atoms with Crippen LogP contribution in [0.4, 0.5) is 4.39 Å². The van der Waals surface area contributed by atoms with Crippen LogP contribution in [0.15, 0.2) is 18.2 Å². The third-order valence-electron chi connectivity index (χ3n) is 1.52.